The second-order valence-electron chi connectivity index (χ2n) is 8.50. The SMILES string of the molecule is CCOC(=O)CCCCCOc1ccc2c(-c3nc4ccc(N(CC)CC)cc4o3)cccc2c1. The highest BCUT2D eigenvalue weighted by molar-refractivity contribution is 5.96. The van der Waals surface area contributed by atoms with Crippen LogP contribution in [0.2, 0.25) is 0 Å². The summed E-state index contributed by atoms with van der Waals surface area (Å²) >= 11 is 0. The van der Waals surface area contributed by atoms with E-state index in [1.165, 1.54) is 0 Å². The van der Waals surface area contributed by atoms with Crippen molar-refractivity contribution < 1.29 is 18.7 Å². The molecule has 0 saturated heterocycles. The van der Waals surface area contributed by atoms with Gasteiger partial charge in [-0.05, 0) is 87.2 Å². The van der Waals surface area contributed by atoms with E-state index in [1.807, 2.05) is 31.2 Å². The quantitative estimate of drug-likeness (QED) is 0.163. The van der Waals surface area contributed by atoms with Crippen LogP contribution in [0.15, 0.2) is 59.0 Å². The summed E-state index contributed by atoms with van der Waals surface area (Å²) in [6, 6.07) is 18.5. The van der Waals surface area contributed by atoms with Crippen LogP contribution in [-0.4, -0.2) is 37.3 Å². The highest BCUT2D eigenvalue weighted by atomic mass is 16.5. The third-order valence-corrected chi connectivity index (χ3v) is 6.18. The van der Waals surface area contributed by atoms with E-state index in [9.17, 15) is 4.79 Å². The molecule has 0 radical (unpaired) electrons. The van der Waals surface area contributed by atoms with Crippen molar-refractivity contribution in [1.29, 1.82) is 0 Å². The Kier molecular flexibility index (Phi) is 8.24. The first kappa shape index (κ1) is 24.6. The Morgan fingerprint density at radius 3 is 2.63 bits per heavy atom. The molecule has 3 aromatic carbocycles. The molecule has 6 nitrogen and oxygen atoms in total. The smallest absolute Gasteiger partial charge is 0.305 e. The van der Waals surface area contributed by atoms with Gasteiger partial charge < -0.3 is 18.8 Å². The molecule has 0 fully saturated rings. The van der Waals surface area contributed by atoms with Crippen LogP contribution in [0.5, 0.6) is 5.75 Å². The molecule has 0 aliphatic heterocycles. The van der Waals surface area contributed by atoms with Crippen molar-refractivity contribution in [3.05, 3.63) is 54.6 Å². The zero-order chi connectivity index (χ0) is 24.6. The molecule has 6 heteroatoms. The highest BCUT2D eigenvalue weighted by Crippen LogP contribution is 2.33. The molecular formula is C29H34N2O4. The summed E-state index contributed by atoms with van der Waals surface area (Å²) in [4.78, 5) is 18.5. The lowest BCUT2D eigenvalue weighted by Crippen LogP contribution is -2.21. The fourth-order valence-corrected chi connectivity index (χ4v) is 4.32. The number of rotatable bonds is 12. The maximum absolute atomic E-state index is 11.4. The monoisotopic (exact) mass is 474 g/mol. The third kappa shape index (κ3) is 5.94. The highest BCUT2D eigenvalue weighted by Gasteiger charge is 2.13. The molecule has 0 aliphatic rings. The van der Waals surface area contributed by atoms with Crippen LogP contribution >= 0.6 is 0 Å². The minimum absolute atomic E-state index is 0.123. The number of oxazole rings is 1. The van der Waals surface area contributed by atoms with Crippen molar-refractivity contribution in [2.24, 2.45) is 0 Å². The fourth-order valence-electron chi connectivity index (χ4n) is 4.32. The number of carbonyl (C=O) groups excluding carboxylic acids is 1. The Balaban J connectivity index is 1.44. The van der Waals surface area contributed by atoms with Gasteiger partial charge >= 0.3 is 5.97 Å². The first-order chi connectivity index (χ1) is 17.1. The number of benzene rings is 3. The molecule has 0 saturated carbocycles. The van der Waals surface area contributed by atoms with Gasteiger partial charge in [0.05, 0.1) is 13.2 Å². The summed E-state index contributed by atoms with van der Waals surface area (Å²) in [7, 11) is 0. The van der Waals surface area contributed by atoms with Crippen LogP contribution in [0.1, 0.15) is 46.5 Å². The number of nitrogens with zero attached hydrogens (tertiary/aromatic N) is 2. The maximum atomic E-state index is 11.4. The van der Waals surface area contributed by atoms with Gasteiger partial charge in [-0.3, -0.25) is 4.79 Å². The minimum Gasteiger partial charge on any atom is -0.494 e. The van der Waals surface area contributed by atoms with Gasteiger partial charge in [0.25, 0.3) is 0 Å². The Morgan fingerprint density at radius 2 is 1.83 bits per heavy atom. The number of ether oxygens (including phenoxy) is 2. The van der Waals surface area contributed by atoms with Gasteiger partial charge in [-0.1, -0.05) is 12.1 Å². The molecule has 0 N–H and O–H groups in total. The second-order valence-corrected chi connectivity index (χ2v) is 8.50. The van der Waals surface area contributed by atoms with E-state index in [4.69, 9.17) is 18.9 Å². The molecular weight excluding hydrogens is 440 g/mol. The summed E-state index contributed by atoms with van der Waals surface area (Å²) < 4.78 is 17.1. The Morgan fingerprint density at radius 1 is 0.971 bits per heavy atom. The van der Waals surface area contributed by atoms with Gasteiger partial charge in [0.1, 0.15) is 11.3 Å². The largest absolute Gasteiger partial charge is 0.494 e. The molecule has 0 bridgehead atoms. The summed E-state index contributed by atoms with van der Waals surface area (Å²) in [5, 5.41) is 2.15. The van der Waals surface area contributed by atoms with E-state index in [1.54, 1.807) is 0 Å². The number of anilines is 1. The van der Waals surface area contributed by atoms with E-state index in [0.717, 1.165) is 71.2 Å². The number of hydrogen-bond acceptors (Lipinski definition) is 6. The Labute approximate surface area is 206 Å². The van der Waals surface area contributed by atoms with Gasteiger partial charge in [0, 0.05) is 36.8 Å². The van der Waals surface area contributed by atoms with Gasteiger partial charge in [0.2, 0.25) is 5.89 Å². The molecule has 4 rings (SSSR count). The number of unbranched alkanes of at least 4 members (excludes halogenated alkanes) is 2. The van der Waals surface area contributed by atoms with E-state index >= 15 is 0 Å². The summed E-state index contributed by atoms with van der Waals surface area (Å²) in [6.07, 6.45) is 3.13. The van der Waals surface area contributed by atoms with E-state index < -0.39 is 0 Å². The summed E-state index contributed by atoms with van der Waals surface area (Å²) in [6.45, 7) is 9.09. The van der Waals surface area contributed by atoms with Gasteiger partial charge in [-0.2, -0.15) is 0 Å². The topological polar surface area (TPSA) is 64.8 Å². The van der Waals surface area contributed by atoms with Gasteiger partial charge in [-0.25, -0.2) is 4.98 Å². The number of hydrogen-bond donors (Lipinski definition) is 0. The molecule has 4 aromatic rings. The summed E-state index contributed by atoms with van der Waals surface area (Å²) in [5.74, 6) is 1.33. The molecule has 0 aliphatic carbocycles. The van der Waals surface area contributed by atoms with Crippen molar-refractivity contribution >= 4 is 33.5 Å². The maximum Gasteiger partial charge on any atom is 0.305 e. The minimum atomic E-state index is -0.123. The Hall–Kier alpha value is -3.54. The summed E-state index contributed by atoms with van der Waals surface area (Å²) in [5.41, 5.74) is 3.76. The van der Waals surface area contributed by atoms with E-state index in [-0.39, 0.29) is 5.97 Å². The lowest BCUT2D eigenvalue weighted by atomic mass is 10.0. The molecule has 0 spiro atoms. The van der Waals surface area contributed by atoms with E-state index in [0.29, 0.717) is 25.5 Å². The molecule has 35 heavy (non-hydrogen) atoms. The van der Waals surface area contributed by atoms with Crippen molar-refractivity contribution in [2.75, 3.05) is 31.2 Å². The predicted molar refractivity (Wildman–Crippen MR) is 141 cm³/mol. The molecule has 184 valence electrons. The first-order valence-corrected chi connectivity index (χ1v) is 12.6. The molecule has 1 aromatic heterocycles. The average molecular weight is 475 g/mol. The van der Waals surface area contributed by atoms with Crippen LogP contribution in [-0.2, 0) is 9.53 Å². The van der Waals surface area contributed by atoms with Crippen molar-refractivity contribution in [3.8, 4) is 17.2 Å². The van der Waals surface area contributed by atoms with Crippen molar-refractivity contribution in [1.82, 2.24) is 4.98 Å². The molecule has 0 amide bonds. The van der Waals surface area contributed by atoms with Crippen LogP contribution in [0.4, 0.5) is 5.69 Å². The van der Waals surface area contributed by atoms with Gasteiger partial charge in [0.15, 0.2) is 5.58 Å². The van der Waals surface area contributed by atoms with Crippen LogP contribution < -0.4 is 9.64 Å². The number of esters is 1. The van der Waals surface area contributed by atoms with Crippen LogP contribution in [0, 0.1) is 0 Å². The van der Waals surface area contributed by atoms with Crippen molar-refractivity contribution in [3.63, 3.8) is 0 Å². The lowest BCUT2D eigenvalue weighted by Gasteiger charge is -2.20. The number of fused-ring (bicyclic) bond motifs is 2. The van der Waals surface area contributed by atoms with Crippen LogP contribution in [0.25, 0.3) is 33.3 Å². The first-order valence-electron chi connectivity index (χ1n) is 12.6. The average Bonchev–Trinajstić information content (AvgIpc) is 3.30. The van der Waals surface area contributed by atoms with E-state index in [2.05, 4.69) is 49.1 Å². The van der Waals surface area contributed by atoms with Crippen molar-refractivity contribution in [2.45, 2.75) is 46.5 Å². The Bertz CT molecular complexity index is 1280. The zero-order valence-corrected chi connectivity index (χ0v) is 20.9. The third-order valence-electron chi connectivity index (χ3n) is 6.18. The van der Waals surface area contributed by atoms with Gasteiger partial charge in [-0.15, -0.1) is 0 Å². The zero-order valence-electron chi connectivity index (χ0n) is 20.9. The lowest BCUT2D eigenvalue weighted by molar-refractivity contribution is -0.143. The molecule has 0 unspecified atom stereocenters. The van der Waals surface area contributed by atoms with Crippen LogP contribution in [0.3, 0.4) is 0 Å². The second kappa shape index (κ2) is 11.7. The number of carbonyl (C=O) groups is 1. The fraction of sp³-hybridized carbons (Fsp3) is 0.379. The molecule has 1 heterocycles. The number of aromatic nitrogens is 1. The molecule has 0 atom stereocenters. The standard InChI is InChI=1S/C29H34N2O4/c1-4-31(5-2)22-14-17-26-27(20-22)35-29(30-26)25-12-10-11-21-19-23(15-16-24(21)25)34-18-9-7-8-13-28(32)33-6-3/h10-12,14-17,19-20H,4-9,13,18H2,1-3H3. The predicted octanol–water partition coefficient (Wildman–Crippen LogP) is 7.00. The normalized spacial score (nSPS) is 11.2.